The van der Waals surface area contributed by atoms with Crippen molar-refractivity contribution in [2.24, 2.45) is 5.73 Å². The number of ether oxygens (including phenoxy) is 1. The van der Waals surface area contributed by atoms with Gasteiger partial charge in [-0.1, -0.05) is 15.9 Å². The summed E-state index contributed by atoms with van der Waals surface area (Å²) in [6.45, 7) is -0.725. The first-order valence-electron chi connectivity index (χ1n) is 4.61. The second-order valence-electron chi connectivity index (χ2n) is 3.11. The molecule has 0 atom stereocenters. The molecule has 0 heterocycles. The van der Waals surface area contributed by atoms with Crippen molar-refractivity contribution in [2.45, 2.75) is 0 Å². The summed E-state index contributed by atoms with van der Waals surface area (Å²) < 4.78 is 18.3. The molecule has 0 saturated heterocycles. The molecule has 0 fully saturated rings. The van der Waals surface area contributed by atoms with Gasteiger partial charge >= 0.3 is 12.0 Å². The predicted octanol–water partition coefficient (Wildman–Crippen LogP) is 0.940. The highest BCUT2D eigenvalue weighted by molar-refractivity contribution is 9.10. The molecule has 0 radical (unpaired) electrons. The summed E-state index contributed by atoms with van der Waals surface area (Å²) in [5.74, 6) is -2.70. The Bertz CT molecular complexity index is 507. The monoisotopic (exact) mass is 318 g/mol. The van der Waals surface area contributed by atoms with E-state index in [1.165, 1.54) is 12.1 Å². The Labute approximate surface area is 109 Å². The smallest absolute Gasteiger partial charge is 0.341 e. The van der Waals surface area contributed by atoms with Crippen LogP contribution >= 0.6 is 15.9 Å². The zero-order valence-corrected chi connectivity index (χ0v) is 10.5. The molecule has 3 N–H and O–H groups in total. The van der Waals surface area contributed by atoms with Crippen LogP contribution in [0.25, 0.3) is 0 Å². The Kier molecular flexibility index (Phi) is 4.78. The SMILES string of the molecule is NC(=O)NC(=O)COC(=O)c1ccc(Br)cc1F. The number of nitrogens with two attached hydrogens (primary N) is 1. The first-order chi connectivity index (χ1) is 8.40. The molecule has 1 rings (SSSR count). The number of amides is 3. The van der Waals surface area contributed by atoms with E-state index in [2.05, 4.69) is 26.4 Å². The van der Waals surface area contributed by atoms with Crippen LogP contribution in [0.1, 0.15) is 10.4 Å². The third-order valence-corrected chi connectivity index (χ3v) is 2.24. The van der Waals surface area contributed by atoms with Crippen LogP contribution in [0.5, 0.6) is 0 Å². The number of carbonyl (C=O) groups is 3. The highest BCUT2D eigenvalue weighted by Crippen LogP contribution is 2.15. The van der Waals surface area contributed by atoms with E-state index in [0.717, 1.165) is 6.07 Å². The molecule has 18 heavy (non-hydrogen) atoms. The van der Waals surface area contributed by atoms with Crippen LogP contribution in [-0.4, -0.2) is 24.5 Å². The molecular weight excluding hydrogens is 311 g/mol. The molecule has 0 aliphatic carbocycles. The predicted molar refractivity (Wildman–Crippen MR) is 62.1 cm³/mol. The average Bonchev–Trinajstić information content (AvgIpc) is 2.25. The van der Waals surface area contributed by atoms with Crippen LogP contribution in [0.2, 0.25) is 0 Å². The van der Waals surface area contributed by atoms with Crippen molar-refractivity contribution >= 4 is 33.8 Å². The Balaban J connectivity index is 2.60. The fourth-order valence-electron chi connectivity index (χ4n) is 1.04. The van der Waals surface area contributed by atoms with Crippen molar-refractivity contribution in [1.29, 1.82) is 0 Å². The van der Waals surface area contributed by atoms with Crippen molar-refractivity contribution < 1.29 is 23.5 Å². The number of rotatable bonds is 3. The lowest BCUT2D eigenvalue weighted by Gasteiger charge is -2.05. The number of hydrogen-bond donors (Lipinski definition) is 2. The summed E-state index contributed by atoms with van der Waals surface area (Å²) in [6.07, 6.45) is 0. The average molecular weight is 319 g/mol. The van der Waals surface area contributed by atoms with E-state index in [1.807, 2.05) is 0 Å². The van der Waals surface area contributed by atoms with Crippen LogP contribution in [0.3, 0.4) is 0 Å². The van der Waals surface area contributed by atoms with Crippen molar-refractivity contribution in [3.8, 4) is 0 Å². The molecule has 8 heteroatoms. The zero-order chi connectivity index (χ0) is 13.7. The molecule has 1 aromatic rings. The number of nitrogens with one attached hydrogen (secondary N) is 1. The van der Waals surface area contributed by atoms with Crippen molar-refractivity contribution in [3.63, 3.8) is 0 Å². The number of imide groups is 1. The van der Waals surface area contributed by atoms with Gasteiger partial charge in [-0.05, 0) is 18.2 Å². The fraction of sp³-hybridized carbons (Fsp3) is 0.100. The third kappa shape index (κ3) is 4.13. The Hall–Kier alpha value is -1.96. The van der Waals surface area contributed by atoms with Gasteiger partial charge in [0.1, 0.15) is 5.82 Å². The molecule has 0 bridgehead atoms. The topological polar surface area (TPSA) is 98.5 Å². The number of halogens is 2. The number of esters is 1. The van der Waals surface area contributed by atoms with Gasteiger partial charge in [-0.25, -0.2) is 14.0 Å². The van der Waals surface area contributed by atoms with Gasteiger partial charge in [0, 0.05) is 4.47 Å². The highest BCUT2D eigenvalue weighted by Gasteiger charge is 2.15. The zero-order valence-electron chi connectivity index (χ0n) is 8.91. The fourth-order valence-corrected chi connectivity index (χ4v) is 1.37. The summed E-state index contributed by atoms with van der Waals surface area (Å²) >= 11 is 3.03. The van der Waals surface area contributed by atoms with Crippen LogP contribution in [-0.2, 0) is 9.53 Å². The second kappa shape index (κ2) is 6.10. The van der Waals surface area contributed by atoms with Gasteiger partial charge in [0.25, 0.3) is 5.91 Å². The second-order valence-corrected chi connectivity index (χ2v) is 4.03. The summed E-state index contributed by atoms with van der Waals surface area (Å²) in [7, 11) is 0. The Morgan fingerprint density at radius 1 is 1.39 bits per heavy atom. The normalized spacial score (nSPS) is 9.67. The standard InChI is InChI=1S/C10H8BrFN2O4/c11-5-1-2-6(7(12)3-5)9(16)18-4-8(15)14-10(13)17/h1-3H,4H2,(H3,13,14,15,17). The molecule has 0 unspecified atom stereocenters. The minimum absolute atomic E-state index is 0.315. The summed E-state index contributed by atoms with van der Waals surface area (Å²) in [5, 5.41) is 1.69. The van der Waals surface area contributed by atoms with E-state index in [4.69, 9.17) is 0 Å². The van der Waals surface area contributed by atoms with Gasteiger partial charge in [-0.15, -0.1) is 0 Å². The lowest BCUT2D eigenvalue weighted by Crippen LogP contribution is -2.37. The number of benzene rings is 1. The van der Waals surface area contributed by atoms with Gasteiger partial charge in [-0.2, -0.15) is 0 Å². The Morgan fingerprint density at radius 2 is 2.06 bits per heavy atom. The quantitative estimate of drug-likeness (QED) is 0.810. The molecular formula is C10H8BrFN2O4. The van der Waals surface area contributed by atoms with Crippen LogP contribution < -0.4 is 11.1 Å². The lowest BCUT2D eigenvalue weighted by atomic mass is 10.2. The highest BCUT2D eigenvalue weighted by atomic mass is 79.9. The van der Waals surface area contributed by atoms with E-state index in [0.29, 0.717) is 4.47 Å². The van der Waals surface area contributed by atoms with Gasteiger partial charge in [0.15, 0.2) is 6.61 Å². The molecule has 1 aromatic carbocycles. The van der Waals surface area contributed by atoms with Gasteiger partial charge in [0.05, 0.1) is 5.56 Å². The van der Waals surface area contributed by atoms with Gasteiger partial charge in [0.2, 0.25) is 0 Å². The molecule has 3 amide bonds. The molecule has 6 nitrogen and oxygen atoms in total. The molecule has 96 valence electrons. The van der Waals surface area contributed by atoms with Gasteiger partial charge < -0.3 is 10.5 Å². The Morgan fingerprint density at radius 3 is 2.61 bits per heavy atom. The van der Waals surface area contributed by atoms with Crippen LogP contribution in [0, 0.1) is 5.82 Å². The van der Waals surface area contributed by atoms with E-state index in [-0.39, 0.29) is 5.56 Å². The first kappa shape index (κ1) is 14.1. The third-order valence-electron chi connectivity index (χ3n) is 1.75. The minimum atomic E-state index is -1.06. The maximum absolute atomic E-state index is 13.3. The van der Waals surface area contributed by atoms with Crippen molar-refractivity contribution in [1.82, 2.24) is 5.32 Å². The maximum Gasteiger partial charge on any atom is 0.341 e. The molecule has 0 aliphatic heterocycles. The minimum Gasteiger partial charge on any atom is -0.452 e. The lowest BCUT2D eigenvalue weighted by molar-refractivity contribution is -0.123. The number of primary amides is 1. The van der Waals surface area contributed by atoms with Crippen molar-refractivity contribution in [3.05, 3.63) is 34.1 Å². The summed E-state index contributed by atoms with van der Waals surface area (Å²) in [4.78, 5) is 32.6. The summed E-state index contributed by atoms with van der Waals surface area (Å²) in [6, 6.07) is 2.67. The van der Waals surface area contributed by atoms with Crippen molar-refractivity contribution in [2.75, 3.05) is 6.61 Å². The van der Waals surface area contributed by atoms with Crippen LogP contribution in [0.4, 0.5) is 9.18 Å². The largest absolute Gasteiger partial charge is 0.452 e. The van der Waals surface area contributed by atoms with E-state index in [9.17, 15) is 18.8 Å². The maximum atomic E-state index is 13.3. The number of urea groups is 1. The van der Waals surface area contributed by atoms with E-state index < -0.39 is 30.3 Å². The van der Waals surface area contributed by atoms with Crippen LogP contribution in [0.15, 0.2) is 22.7 Å². The van der Waals surface area contributed by atoms with E-state index in [1.54, 1.807) is 5.32 Å². The molecule has 0 saturated carbocycles. The molecule has 0 aliphatic rings. The summed E-state index contributed by atoms with van der Waals surface area (Å²) in [5.41, 5.74) is 4.36. The molecule has 0 spiro atoms. The number of hydrogen-bond acceptors (Lipinski definition) is 4. The van der Waals surface area contributed by atoms with Gasteiger partial charge in [-0.3, -0.25) is 10.1 Å². The molecule has 0 aromatic heterocycles. The first-order valence-corrected chi connectivity index (χ1v) is 5.41. The van der Waals surface area contributed by atoms with E-state index >= 15 is 0 Å². The number of carbonyl (C=O) groups excluding carboxylic acids is 3.